The van der Waals surface area contributed by atoms with Gasteiger partial charge < -0.3 is 5.73 Å². The van der Waals surface area contributed by atoms with Crippen molar-refractivity contribution < 1.29 is 0 Å². The van der Waals surface area contributed by atoms with Crippen molar-refractivity contribution in [2.75, 3.05) is 5.73 Å². The Labute approximate surface area is 120 Å². The Balaban J connectivity index is 1.99. The molecular formula is C14H12ClN5. The zero-order valence-corrected chi connectivity index (χ0v) is 11.4. The average molecular weight is 286 g/mol. The summed E-state index contributed by atoms with van der Waals surface area (Å²) in [6, 6.07) is 8.06. The van der Waals surface area contributed by atoms with Gasteiger partial charge in [-0.3, -0.25) is 0 Å². The van der Waals surface area contributed by atoms with Gasteiger partial charge in [0.05, 0.1) is 18.1 Å². The van der Waals surface area contributed by atoms with Gasteiger partial charge in [0.15, 0.2) is 5.65 Å². The van der Waals surface area contributed by atoms with Crippen LogP contribution in [0.25, 0.3) is 17.1 Å². The van der Waals surface area contributed by atoms with Crippen LogP contribution in [0.1, 0.15) is 11.1 Å². The van der Waals surface area contributed by atoms with Gasteiger partial charge >= 0.3 is 0 Å². The maximum atomic E-state index is 6.02. The Hall–Kier alpha value is -2.40. The van der Waals surface area contributed by atoms with Gasteiger partial charge in [0.2, 0.25) is 5.95 Å². The lowest BCUT2D eigenvalue weighted by atomic mass is 10.1. The maximum Gasteiger partial charge on any atom is 0.223 e. The second-order valence-electron chi connectivity index (χ2n) is 4.36. The lowest BCUT2D eigenvalue weighted by molar-refractivity contribution is 0.704. The summed E-state index contributed by atoms with van der Waals surface area (Å²) >= 11 is 6.02. The van der Waals surface area contributed by atoms with Crippen LogP contribution in [0.5, 0.6) is 0 Å². The van der Waals surface area contributed by atoms with Crippen LogP contribution >= 0.6 is 11.6 Å². The van der Waals surface area contributed by atoms with Crippen molar-refractivity contribution in [2.45, 2.75) is 6.54 Å². The van der Waals surface area contributed by atoms with Crippen molar-refractivity contribution in [3.05, 3.63) is 53.3 Å². The summed E-state index contributed by atoms with van der Waals surface area (Å²) < 4.78 is 1.75. The molecule has 0 fully saturated rings. The smallest absolute Gasteiger partial charge is 0.223 e. The topological polar surface area (TPSA) is 69.6 Å². The van der Waals surface area contributed by atoms with E-state index in [2.05, 4.69) is 21.6 Å². The largest absolute Gasteiger partial charge is 0.368 e. The number of nitrogen functional groups attached to an aromatic ring is 1. The lowest BCUT2D eigenvalue weighted by Crippen LogP contribution is -2.04. The molecule has 0 aliphatic heterocycles. The van der Waals surface area contributed by atoms with E-state index in [9.17, 15) is 0 Å². The lowest BCUT2D eigenvalue weighted by Gasteiger charge is -2.04. The second kappa shape index (κ2) is 4.94. The third-order valence-corrected chi connectivity index (χ3v) is 3.30. The Morgan fingerprint density at radius 3 is 2.70 bits per heavy atom. The van der Waals surface area contributed by atoms with Crippen LogP contribution in [0.2, 0.25) is 5.15 Å². The van der Waals surface area contributed by atoms with Gasteiger partial charge in [-0.15, -0.1) is 0 Å². The Morgan fingerprint density at radius 2 is 2.00 bits per heavy atom. The van der Waals surface area contributed by atoms with E-state index in [0.717, 1.165) is 11.1 Å². The Bertz CT molecular complexity index is 776. The van der Waals surface area contributed by atoms with Gasteiger partial charge in [0, 0.05) is 0 Å². The summed E-state index contributed by atoms with van der Waals surface area (Å²) in [7, 11) is 0. The summed E-state index contributed by atoms with van der Waals surface area (Å²) in [6.07, 6.45) is 3.45. The first-order chi connectivity index (χ1) is 9.67. The molecule has 0 saturated heterocycles. The molecule has 0 saturated carbocycles. The molecule has 3 aromatic rings. The first kappa shape index (κ1) is 12.6. The number of fused-ring (bicyclic) bond motifs is 1. The van der Waals surface area contributed by atoms with E-state index in [-0.39, 0.29) is 5.95 Å². The third kappa shape index (κ3) is 2.23. The number of anilines is 1. The molecule has 6 heteroatoms. The molecule has 0 bridgehead atoms. The van der Waals surface area contributed by atoms with Crippen molar-refractivity contribution in [1.29, 1.82) is 0 Å². The summed E-state index contributed by atoms with van der Waals surface area (Å²) in [5.74, 6) is 0.145. The average Bonchev–Trinajstić information content (AvgIpc) is 2.83. The highest BCUT2D eigenvalue weighted by atomic mass is 35.5. The molecule has 0 radical (unpaired) electrons. The van der Waals surface area contributed by atoms with Crippen molar-refractivity contribution in [1.82, 2.24) is 19.7 Å². The normalized spacial score (nSPS) is 10.8. The summed E-state index contributed by atoms with van der Waals surface area (Å²) in [4.78, 5) is 8.11. The molecule has 1 aromatic carbocycles. The molecule has 0 aliphatic rings. The molecule has 0 amide bonds. The van der Waals surface area contributed by atoms with Crippen LogP contribution in [0.4, 0.5) is 5.95 Å². The predicted molar refractivity (Wildman–Crippen MR) is 80.4 cm³/mol. The van der Waals surface area contributed by atoms with E-state index >= 15 is 0 Å². The van der Waals surface area contributed by atoms with Crippen LogP contribution in [0, 0.1) is 0 Å². The summed E-state index contributed by atoms with van der Waals surface area (Å²) in [6.45, 7) is 4.32. The molecule has 2 N–H and O–H groups in total. The fourth-order valence-electron chi connectivity index (χ4n) is 1.98. The number of hydrogen-bond acceptors (Lipinski definition) is 4. The molecule has 100 valence electrons. The minimum Gasteiger partial charge on any atom is -0.368 e. The predicted octanol–water partition coefficient (Wildman–Crippen LogP) is 2.75. The van der Waals surface area contributed by atoms with Crippen molar-refractivity contribution in [2.24, 2.45) is 0 Å². The number of benzene rings is 1. The van der Waals surface area contributed by atoms with E-state index in [1.165, 1.54) is 0 Å². The third-order valence-electron chi connectivity index (χ3n) is 3.01. The minimum absolute atomic E-state index is 0.145. The van der Waals surface area contributed by atoms with E-state index in [1.54, 1.807) is 17.0 Å². The van der Waals surface area contributed by atoms with Gasteiger partial charge in [-0.05, 0) is 11.1 Å². The number of rotatable bonds is 3. The fourth-order valence-corrected chi connectivity index (χ4v) is 2.20. The first-order valence-electron chi connectivity index (χ1n) is 6.03. The van der Waals surface area contributed by atoms with Crippen LogP contribution < -0.4 is 5.73 Å². The molecule has 20 heavy (non-hydrogen) atoms. The van der Waals surface area contributed by atoms with Gasteiger partial charge in [-0.2, -0.15) is 10.1 Å². The highest BCUT2D eigenvalue weighted by Crippen LogP contribution is 2.21. The monoisotopic (exact) mass is 285 g/mol. The van der Waals surface area contributed by atoms with Gasteiger partial charge in [0.1, 0.15) is 5.15 Å². The highest BCUT2D eigenvalue weighted by Gasteiger charge is 2.10. The zero-order chi connectivity index (χ0) is 14.1. The molecule has 0 aliphatic carbocycles. The van der Waals surface area contributed by atoms with E-state index in [4.69, 9.17) is 17.3 Å². The first-order valence-corrected chi connectivity index (χ1v) is 6.41. The van der Waals surface area contributed by atoms with Gasteiger partial charge in [-0.1, -0.05) is 48.5 Å². The summed E-state index contributed by atoms with van der Waals surface area (Å²) in [5, 5.41) is 5.31. The molecule has 3 rings (SSSR count). The highest BCUT2D eigenvalue weighted by molar-refractivity contribution is 6.34. The molecule has 2 aromatic heterocycles. The molecule has 0 atom stereocenters. The number of hydrogen-bond donors (Lipinski definition) is 1. The SMILES string of the molecule is C=Cc1ccc(Cn2ncc3c(Cl)nc(N)nc32)cc1. The Kier molecular flexibility index (Phi) is 3.12. The van der Waals surface area contributed by atoms with Crippen LogP contribution in [0.3, 0.4) is 0 Å². The fraction of sp³-hybridized carbons (Fsp3) is 0.0714. The van der Waals surface area contributed by atoms with E-state index in [0.29, 0.717) is 22.7 Å². The van der Waals surface area contributed by atoms with Gasteiger partial charge in [-0.25, -0.2) is 9.67 Å². The number of nitrogens with two attached hydrogens (primary N) is 1. The van der Waals surface area contributed by atoms with Crippen molar-refractivity contribution >= 4 is 34.7 Å². The van der Waals surface area contributed by atoms with Crippen LogP contribution in [-0.4, -0.2) is 19.7 Å². The van der Waals surface area contributed by atoms with E-state index in [1.807, 2.05) is 24.3 Å². The molecule has 0 spiro atoms. The maximum absolute atomic E-state index is 6.02. The summed E-state index contributed by atoms with van der Waals surface area (Å²) in [5.41, 5.74) is 8.44. The number of halogens is 1. The van der Waals surface area contributed by atoms with Gasteiger partial charge in [0.25, 0.3) is 0 Å². The zero-order valence-electron chi connectivity index (χ0n) is 10.6. The minimum atomic E-state index is 0.145. The second-order valence-corrected chi connectivity index (χ2v) is 4.72. The van der Waals surface area contributed by atoms with Crippen molar-refractivity contribution in [3.8, 4) is 0 Å². The number of aromatic nitrogens is 4. The molecule has 0 unspecified atom stereocenters. The molecule has 5 nitrogen and oxygen atoms in total. The Morgan fingerprint density at radius 1 is 1.25 bits per heavy atom. The van der Waals surface area contributed by atoms with Crippen molar-refractivity contribution in [3.63, 3.8) is 0 Å². The number of nitrogens with zero attached hydrogens (tertiary/aromatic N) is 4. The molecule has 2 heterocycles. The molecular weight excluding hydrogens is 274 g/mol. The van der Waals surface area contributed by atoms with Crippen LogP contribution in [-0.2, 0) is 6.54 Å². The van der Waals surface area contributed by atoms with Crippen LogP contribution in [0.15, 0.2) is 37.0 Å². The standard InChI is InChI=1S/C14H12ClN5/c1-2-9-3-5-10(6-4-9)8-20-13-11(7-17-20)12(15)18-14(16)19-13/h2-7H,1,8H2,(H2,16,18,19). The van der Waals surface area contributed by atoms with E-state index < -0.39 is 0 Å². The quantitative estimate of drug-likeness (QED) is 0.751.